The topological polar surface area (TPSA) is 20.2 Å². The van der Waals surface area contributed by atoms with Gasteiger partial charge in [-0.1, -0.05) is 69.3 Å². The molecule has 1 N–H and O–H groups in total. The Balaban J connectivity index is 1.68. The number of aliphatic hydroxyl groups is 1. The molecule has 3 rings (SSSR count). The Morgan fingerprint density at radius 1 is 1.05 bits per heavy atom. The normalized spacial score (nSPS) is 18.8. The first kappa shape index (κ1) is 14.3. The Hall–Kier alpha value is -1.60. The number of fused-ring (bicyclic) bond motifs is 1. The van der Waals surface area contributed by atoms with E-state index in [0.717, 1.165) is 18.4 Å². The highest BCUT2D eigenvalue weighted by Gasteiger charge is 2.28. The first-order valence-corrected chi connectivity index (χ1v) is 7.81. The summed E-state index contributed by atoms with van der Waals surface area (Å²) >= 11 is 0. The smallest absolute Gasteiger partial charge is 0.0796 e. The van der Waals surface area contributed by atoms with Gasteiger partial charge in [-0.05, 0) is 46.4 Å². The third-order valence-corrected chi connectivity index (χ3v) is 4.63. The molecule has 110 valence electrons. The molecule has 0 fully saturated rings. The zero-order valence-corrected chi connectivity index (χ0v) is 13.1. The molecule has 2 unspecified atom stereocenters. The third-order valence-electron chi connectivity index (χ3n) is 4.63. The summed E-state index contributed by atoms with van der Waals surface area (Å²) < 4.78 is 0. The second-order valence-corrected chi connectivity index (χ2v) is 7.22. The van der Waals surface area contributed by atoms with Crippen LogP contribution in [0, 0.1) is 0 Å². The van der Waals surface area contributed by atoms with Gasteiger partial charge in [-0.25, -0.2) is 0 Å². The molecule has 0 aliphatic heterocycles. The summed E-state index contributed by atoms with van der Waals surface area (Å²) in [7, 11) is 0. The van der Waals surface area contributed by atoms with E-state index in [9.17, 15) is 5.11 Å². The van der Waals surface area contributed by atoms with Crippen molar-refractivity contribution in [2.45, 2.75) is 51.0 Å². The molecule has 0 aromatic heterocycles. The van der Waals surface area contributed by atoms with Crippen molar-refractivity contribution in [2.24, 2.45) is 0 Å². The van der Waals surface area contributed by atoms with Gasteiger partial charge in [0, 0.05) is 0 Å². The molecule has 2 aromatic carbocycles. The Morgan fingerprint density at radius 2 is 1.71 bits per heavy atom. The molecule has 0 radical (unpaired) electrons. The monoisotopic (exact) mass is 280 g/mol. The highest BCUT2D eigenvalue weighted by atomic mass is 16.3. The van der Waals surface area contributed by atoms with Crippen LogP contribution in [0.1, 0.15) is 61.5 Å². The van der Waals surface area contributed by atoms with Crippen molar-refractivity contribution in [1.29, 1.82) is 0 Å². The van der Waals surface area contributed by atoms with Gasteiger partial charge in [0.15, 0.2) is 0 Å². The SMILES string of the molecule is CC(C)(C)c1ccc(C(O)CC2Cc3ccccc32)cc1. The molecule has 21 heavy (non-hydrogen) atoms. The fourth-order valence-corrected chi connectivity index (χ4v) is 3.18. The van der Waals surface area contributed by atoms with E-state index >= 15 is 0 Å². The summed E-state index contributed by atoms with van der Waals surface area (Å²) in [5, 5.41) is 10.5. The van der Waals surface area contributed by atoms with Crippen LogP contribution in [0.5, 0.6) is 0 Å². The summed E-state index contributed by atoms with van der Waals surface area (Å²) in [4.78, 5) is 0. The summed E-state index contributed by atoms with van der Waals surface area (Å²) in [5.74, 6) is 0.512. The van der Waals surface area contributed by atoms with Crippen molar-refractivity contribution in [2.75, 3.05) is 0 Å². The average molecular weight is 280 g/mol. The van der Waals surface area contributed by atoms with Gasteiger partial charge in [-0.2, -0.15) is 0 Å². The zero-order chi connectivity index (χ0) is 15.0. The van der Waals surface area contributed by atoms with Crippen molar-refractivity contribution >= 4 is 0 Å². The van der Waals surface area contributed by atoms with Crippen molar-refractivity contribution in [3.05, 3.63) is 70.8 Å². The van der Waals surface area contributed by atoms with E-state index in [4.69, 9.17) is 0 Å². The van der Waals surface area contributed by atoms with E-state index in [2.05, 4.69) is 69.3 Å². The Bertz CT molecular complexity index is 619. The number of rotatable bonds is 3. The number of aliphatic hydroxyl groups excluding tert-OH is 1. The molecule has 0 spiro atoms. The third kappa shape index (κ3) is 2.89. The fourth-order valence-electron chi connectivity index (χ4n) is 3.18. The molecule has 1 nitrogen and oxygen atoms in total. The van der Waals surface area contributed by atoms with Crippen LogP contribution < -0.4 is 0 Å². The maximum absolute atomic E-state index is 10.5. The molecular formula is C20H24O. The van der Waals surface area contributed by atoms with E-state index in [1.807, 2.05) is 0 Å². The number of hydrogen-bond donors (Lipinski definition) is 1. The van der Waals surface area contributed by atoms with Gasteiger partial charge in [-0.3, -0.25) is 0 Å². The quantitative estimate of drug-likeness (QED) is 0.860. The van der Waals surface area contributed by atoms with Crippen LogP contribution in [0.2, 0.25) is 0 Å². The van der Waals surface area contributed by atoms with Gasteiger partial charge in [0.2, 0.25) is 0 Å². The minimum Gasteiger partial charge on any atom is -0.388 e. The highest BCUT2D eigenvalue weighted by molar-refractivity contribution is 5.40. The second kappa shape index (κ2) is 5.31. The van der Waals surface area contributed by atoms with Gasteiger partial charge in [0.1, 0.15) is 0 Å². The van der Waals surface area contributed by atoms with Crippen molar-refractivity contribution in [3.8, 4) is 0 Å². The van der Waals surface area contributed by atoms with E-state index in [1.165, 1.54) is 16.7 Å². The van der Waals surface area contributed by atoms with Crippen molar-refractivity contribution < 1.29 is 5.11 Å². The maximum atomic E-state index is 10.5. The van der Waals surface area contributed by atoms with Gasteiger partial charge >= 0.3 is 0 Å². The largest absolute Gasteiger partial charge is 0.388 e. The lowest BCUT2D eigenvalue weighted by Crippen LogP contribution is -2.19. The fraction of sp³-hybridized carbons (Fsp3) is 0.400. The Labute approximate surface area is 127 Å². The number of benzene rings is 2. The van der Waals surface area contributed by atoms with E-state index in [1.54, 1.807) is 0 Å². The summed E-state index contributed by atoms with van der Waals surface area (Å²) in [6, 6.07) is 17.0. The molecule has 0 amide bonds. The van der Waals surface area contributed by atoms with Crippen LogP contribution in [0.15, 0.2) is 48.5 Å². The van der Waals surface area contributed by atoms with Crippen LogP contribution in [0.3, 0.4) is 0 Å². The standard InChI is InChI=1S/C20H24O/c1-20(2,3)17-10-8-14(9-11-17)19(21)13-16-12-15-6-4-5-7-18(15)16/h4-11,16,19,21H,12-13H2,1-3H3. The second-order valence-electron chi connectivity index (χ2n) is 7.22. The molecule has 1 aliphatic rings. The van der Waals surface area contributed by atoms with Crippen LogP contribution in [-0.4, -0.2) is 5.11 Å². The van der Waals surface area contributed by atoms with Gasteiger partial charge < -0.3 is 5.11 Å². The first-order valence-electron chi connectivity index (χ1n) is 7.81. The van der Waals surface area contributed by atoms with E-state index < -0.39 is 0 Å². The van der Waals surface area contributed by atoms with E-state index in [-0.39, 0.29) is 11.5 Å². The minimum absolute atomic E-state index is 0.163. The van der Waals surface area contributed by atoms with Crippen LogP contribution >= 0.6 is 0 Å². The predicted molar refractivity (Wildman–Crippen MR) is 87.6 cm³/mol. The lowest BCUT2D eigenvalue weighted by molar-refractivity contribution is 0.153. The van der Waals surface area contributed by atoms with E-state index in [0.29, 0.717) is 5.92 Å². The Kier molecular flexibility index (Phi) is 3.62. The highest BCUT2D eigenvalue weighted by Crippen LogP contribution is 2.40. The van der Waals surface area contributed by atoms with Gasteiger partial charge in [0.05, 0.1) is 6.10 Å². The van der Waals surface area contributed by atoms with Crippen molar-refractivity contribution in [3.63, 3.8) is 0 Å². The van der Waals surface area contributed by atoms with Crippen LogP contribution in [0.4, 0.5) is 0 Å². The average Bonchev–Trinajstić information content (AvgIpc) is 2.44. The molecule has 0 saturated heterocycles. The molecule has 2 aromatic rings. The molecule has 0 bridgehead atoms. The molecule has 0 heterocycles. The Morgan fingerprint density at radius 3 is 2.33 bits per heavy atom. The van der Waals surface area contributed by atoms with Crippen molar-refractivity contribution in [1.82, 2.24) is 0 Å². The van der Waals surface area contributed by atoms with Gasteiger partial charge in [-0.15, -0.1) is 0 Å². The maximum Gasteiger partial charge on any atom is 0.0796 e. The zero-order valence-electron chi connectivity index (χ0n) is 13.1. The molecule has 1 aliphatic carbocycles. The summed E-state index contributed by atoms with van der Waals surface area (Å²) in [6.07, 6.45) is 1.57. The summed E-state index contributed by atoms with van der Waals surface area (Å²) in [5.41, 5.74) is 5.37. The molecule has 0 saturated carbocycles. The lowest BCUT2D eigenvalue weighted by Gasteiger charge is -2.31. The summed E-state index contributed by atoms with van der Waals surface area (Å²) in [6.45, 7) is 6.64. The lowest BCUT2D eigenvalue weighted by atomic mass is 9.74. The minimum atomic E-state index is -0.364. The number of hydrogen-bond acceptors (Lipinski definition) is 1. The van der Waals surface area contributed by atoms with Gasteiger partial charge in [0.25, 0.3) is 0 Å². The first-order chi connectivity index (χ1) is 9.95. The van der Waals surface area contributed by atoms with Crippen LogP contribution in [0.25, 0.3) is 0 Å². The molecule has 1 heteroatoms. The predicted octanol–water partition coefficient (Wildman–Crippen LogP) is 4.75. The van der Waals surface area contributed by atoms with Crippen LogP contribution in [-0.2, 0) is 11.8 Å². The molecule has 2 atom stereocenters. The molecular weight excluding hydrogens is 256 g/mol.